The first-order valence-corrected chi connectivity index (χ1v) is 16.5. The van der Waals surface area contributed by atoms with Gasteiger partial charge in [-0.3, -0.25) is 6.08 Å². The summed E-state index contributed by atoms with van der Waals surface area (Å²) in [6.45, 7) is 15.7. The van der Waals surface area contributed by atoms with Gasteiger partial charge in [0, 0.05) is 0 Å². The molecule has 0 saturated carbocycles. The molecule has 0 aromatic heterocycles. The van der Waals surface area contributed by atoms with Gasteiger partial charge in [-0.15, -0.1) is 16.7 Å². The van der Waals surface area contributed by atoms with Gasteiger partial charge in [0.2, 0.25) is 0 Å². The predicted molar refractivity (Wildman–Crippen MR) is 179 cm³/mol. The summed E-state index contributed by atoms with van der Waals surface area (Å²) in [6, 6.07) is 36.1. The maximum atomic E-state index is 3.67. The minimum absolute atomic E-state index is 0. The van der Waals surface area contributed by atoms with Gasteiger partial charge in [-0.2, -0.15) is 35.4 Å². The average Bonchev–Trinajstić information content (AvgIpc) is 3.56. The first-order valence-electron chi connectivity index (χ1n) is 15.0. The van der Waals surface area contributed by atoms with E-state index >= 15 is 0 Å². The molecule has 2 aliphatic rings. The van der Waals surface area contributed by atoms with E-state index in [1.165, 1.54) is 74.3 Å². The molecule has 1 atom stereocenters. The Bertz CT molecular complexity index is 1490. The second-order valence-corrected chi connectivity index (χ2v) is 14.3. The molecule has 0 aliphatic heterocycles. The number of halogens is 2. The minimum atomic E-state index is 0. The van der Waals surface area contributed by atoms with Crippen molar-refractivity contribution in [2.24, 2.45) is 5.92 Å². The van der Waals surface area contributed by atoms with Gasteiger partial charge in [-0.05, 0) is 28.4 Å². The van der Waals surface area contributed by atoms with Gasteiger partial charge in [0.15, 0.2) is 0 Å². The van der Waals surface area contributed by atoms with Gasteiger partial charge in [0.25, 0.3) is 0 Å². The van der Waals surface area contributed by atoms with E-state index in [0.717, 1.165) is 12.8 Å². The van der Waals surface area contributed by atoms with Crippen molar-refractivity contribution in [3.05, 3.63) is 149 Å². The third-order valence-electron chi connectivity index (χ3n) is 7.68. The molecule has 4 aromatic rings. The number of hydrogen-bond acceptors (Lipinski definition) is 0. The van der Waals surface area contributed by atoms with Gasteiger partial charge in [0.05, 0.1) is 0 Å². The molecule has 228 valence electrons. The summed E-state index contributed by atoms with van der Waals surface area (Å²) >= 11 is 1.51. The van der Waals surface area contributed by atoms with Gasteiger partial charge >= 0.3 is 70.3 Å². The number of rotatable bonds is 3. The van der Waals surface area contributed by atoms with Crippen molar-refractivity contribution in [1.29, 1.82) is 0 Å². The van der Waals surface area contributed by atoms with Gasteiger partial charge < -0.3 is 24.8 Å². The van der Waals surface area contributed by atoms with Crippen LogP contribution in [-0.4, -0.2) is 3.71 Å². The molecule has 1 unspecified atom stereocenters. The Kier molecular flexibility index (Phi) is 14.5. The first-order chi connectivity index (χ1) is 20.0. The Hall–Kier alpha value is -2.31. The molecule has 0 spiro atoms. The molecule has 0 saturated heterocycles. The molecule has 0 nitrogen and oxygen atoms in total. The van der Waals surface area contributed by atoms with Gasteiger partial charge in [0.1, 0.15) is 0 Å². The van der Waals surface area contributed by atoms with Crippen LogP contribution in [0.2, 0.25) is 0 Å². The van der Waals surface area contributed by atoms with Crippen molar-refractivity contribution in [2.45, 2.75) is 72.1 Å². The summed E-state index contributed by atoms with van der Waals surface area (Å²) in [5.74, 6) is 0.472. The second-order valence-electron chi connectivity index (χ2n) is 13.3. The van der Waals surface area contributed by atoms with Crippen LogP contribution >= 0.6 is 0 Å². The van der Waals surface area contributed by atoms with Gasteiger partial charge in [-0.25, -0.2) is 6.08 Å². The Morgan fingerprint density at radius 1 is 0.773 bits per heavy atom. The Morgan fingerprint density at radius 2 is 1.39 bits per heavy atom. The van der Waals surface area contributed by atoms with Crippen LogP contribution < -0.4 is 24.8 Å². The van der Waals surface area contributed by atoms with Crippen LogP contribution in [0.15, 0.2) is 103 Å². The zero-order valence-corrected chi connectivity index (χ0v) is 31.1. The first kappa shape index (κ1) is 37.9. The van der Waals surface area contributed by atoms with Crippen LogP contribution in [0.5, 0.6) is 0 Å². The standard InChI is InChI=1S/C21H25.C12H11.C8H8.2ClH.Zr/c1-20(2,3)16-7-9-18-14(12-16)11-15-13-17(21(4,5)6)8-10-19(15)18;1-10-7-8-12(9-10)11-5-3-2-4-6-11;1-2-8-6-4-3-5-7-8;;;/h7-10,12H,11H2,1-6H3;2-6,8-10H,1H3;1,3-7H,2H2;2*1H;/q2*-1;;;;+2/p-2. The molecule has 2 aliphatic carbocycles. The molecule has 0 amide bonds. The van der Waals surface area contributed by atoms with Crippen molar-refractivity contribution in [1.82, 2.24) is 0 Å². The molecular formula is C41H44Cl2Zr-2. The number of benzene rings is 4. The monoisotopic (exact) mass is 696 g/mol. The van der Waals surface area contributed by atoms with Crippen LogP contribution in [0.3, 0.4) is 0 Å². The molecule has 0 fully saturated rings. The molecule has 0 heterocycles. The molecule has 44 heavy (non-hydrogen) atoms. The van der Waals surface area contributed by atoms with Crippen molar-refractivity contribution in [3.8, 4) is 11.1 Å². The van der Waals surface area contributed by atoms with Crippen LogP contribution in [-0.2, 0) is 47.9 Å². The Balaban J connectivity index is 0.000000250. The number of hydrogen-bond donors (Lipinski definition) is 0. The van der Waals surface area contributed by atoms with Crippen LogP contribution in [0, 0.1) is 18.1 Å². The van der Waals surface area contributed by atoms with E-state index in [4.69, 9.17) is 0 Å². The second kappa shape index (κ2) is 16.8. The summed E-state index contributed by atoms with van der Waals surface area (Å²) < 4.78 is 2.25. The molecule has 3 heteroatoms. The molecule has 0 radical (unpaired) electrons. The summed E-state index contributed by atoms with van der Waals surface area (Å²) in [6.07, 6.45) is 9.70. The van der Waals surface area contributed by atoms with E-state index in [9.17, 15) is 0 Å². The molecule has 0 bridgehead atoms. The van der Waals surface area contributed by atoms with Gasteiger partial charge in [-0.1, -0.05) is 108 Å². The number of fused-ring (bicyclic) bond motifs is 3. The van der Waals surface area contributed by atoms with Crippen LogP contribution in [0.25, 0.3) is 16.7 Å². The van der Waals surface area contributed by atoms with Crippen molar-refractivity contribution < 1.29 is 49.0 Å². The normalized spacial score (nSPS) is 14.3. The molecule has 4 aromatic carbocycles. The average molecular weight is 699 g/mol. The third kappa shape index (κ3) is 10.4. The zero-order chi connectivity index (χ0) is 30.3. The van der Waals surface area contributed by atoms with E-state index in [1.54, 1.807) is 0 Å². The van der Waals surface area contributed by atoms with E-state index in [0.29, 0.717) is 5.92 Å². The van der Waals surface area contributed by atoms with E-state index in [-0.39, 0.29) is 35.6 Å². The summed E-state index contributed by atoms with van der Waals surface area (Å²) in [5.41, 5.74) is 12.7. The third-order valence-corrected chi connectivity index (χ3v) is 8.18. The topological polar surface area (TPSA) is 0 Å². The fourth-order valence-electron chi connectivity index (χ4n) is 5.16. The van der Waals surface area contributed by atoms with Crippen LogP contribution in [0.4, 0.5) is 0 Å². The van der Waals surface area contributed by atoms with Crippen molar-refractivity contribution >= 4 is 9.28 Å². The molecule has 0 N–H and O–H groups in total. The molecule has 6 rings (SSSR count). The van der Waals surface area contributed by atoms with E-state index in [2.05, 4.69) is 155 Å². The Labute approximate surface area is 294 Å². The van der Waals surface area contributed by atoms with E-state index < -0.39 is 0 Å². The van der Waals surface area contributed by atoms with Crippen LogP contribution in [0.1, 0.15) is 81.8 Å². The predicted octanol–water partition coefficient (Wildman–Crippen LogP) is 4.32. The quantitative estimate of drug-likeness (QED) is 0.247. The molecular weight excluding hydrogens is 655 g/mol. The summed E-state index contributed by atoms with van der Waals surface area (Å²) in [4.78, 5) is 0. The fraction of sp³-hybridized carbons (Fsp3) is 0.293. The summed E-state index contributed by atoms with van der Waals surface area (Å²) in [5, 5.41) is 0. The maximum absolute atomic E-state index is 3.67. The van der Waals surface area contributed by atoms with E-state index in [1.807, 2.05) is 12.1 Å². The Morgan fingerprint density at radius 3 is 1.93 bits per heavy atom. The van der Waals surface area contributed by atoms with Crippen molar-refractivity contribution in [3.63, 3.8) is 0 Å². The fourth-order valence-corrected chi connectivity index (χ4v) is 5.74. The zero-order valence-electron chi connectivity index (χ0n) is 27.1. The number of allylic oxidation sites excluding steroid dienone is 4. The summed E-state index contributed by atoms with van der Waals surface area (Å²) in [7, 11) is 0. The SMILES string of the molecule is CC(C)(C)c1[c-]c2c(cc1)-c1ccc(C(C)(C)C)cc1C2.CC1[C-]=CC(c2ccccc2)=C1.[Cl-].[Cl-].[Zr+2]=[CH]Cc1ccccc1. The van der Waals surface area contributed by atoms with Crippen molar-refractivity contribution in [2.75, 3.05) is 0 Å².